The monoisotopic (exact) mass is 393 g/mol. The molecule has 0 spiro atoms. The molecule has 0 heterocycles. The van der Waals surface area contributed by atoms with Gasteiger partial charge in [-0.2, -0.15) is 5.26 Å². The molecule has 0 atom stereocenters. The molecule has 0 N–H and O–H groups in total. The second-order valence-electron chi connectivity index (χ2n) is 6.14. The summed E-state index contributed by atoms with van der Waals surface area (Å²) in [6.45, 7) is 2.58. The van der Waals surface area contributed by atoms with Crippen molar-refractivity contribution in [3.05, 3.63) is 99.0 Å². The van der Waals surface area contributed by atoms with Crippen LogP contribution in [0.4, 0.5) is 0 Å². The van der Waals surface area contributed by atoms with Crippen molar-refractivity contribution in [2.24, 2.45) is 0 Å². The molecule has 0 aliphatic heterocycles. The van der Waals surface area contributed by atoms with Gasteiger partial charge in [0.15, 0.2) is 0 Å². The minimum absolute atomic E-state index is 0.426. The molecule has 4 heteroatoms. The Kier molecular flexibility index (Phi) is 6.19. The van der Waals surface area contributed by atoms with Gasteiger partial charge in [0, 0.05) is 0 Å². The summed E-state index contributed by atoms with van der Waals surface area (Å²) in [6, 6.07) is 23.2. The number of hydrogen-bond acceptors (Lipinski definition) is 2. The molecule has 3 aromatic carbocycles. The van der Waals surface area contributed by atoms with Crippen molar-refractivity contribution in [2.75, 3.05) is 0 Å². The average Bonchev–Trinajstić information content (AvgIpc) is 2.69. The van der Waals surface area contributed by atoms with Gasteiger partial charge in [0.25, 0.3) is 0 Å². The molecule has 0 amide bonds. The molecule has 0 fully saturated rings. The third-order valence-corrected chi connectivity index (χ3v) is 4.81. The van der Waals surface area contributed by atoms with E-state index in [9.17, 15) is 5.26 Å². The zero-order chi connectivity index (χ0) is 19.2. The SMILES string of the molecule is Cc1ccc(COc2ccc(/C=C(/C#N)c3ccc(Cl)c(Cl)c3)cc2)cc1. The lowest BCUT2D eigenvalue weighted by Crippen LogP contribution is -1.95. The second kappa shape index (κ2) is 8.77. The number of hydrogen-bond donors (Lipinski definition) is 0. The lowest BCUT2D eigenvalue weighted by molar-refractivity contribution is 0.306. The van der Waals surface area contributed by atoms with Crippen LogP contribution in [-0.4, -0.2) is 0 Å². The van der Waals surface area contributed by atoms with Crippen LogP contribution in [0.1, 0.15) is 22.3 Å². The van der Waals surface area contributed by atoms with E-state index in [0.29, 0.717) is 22.2 Å². The molecule has 0 aliphatic carbocycles. The molecule has 3 rings (SSSR count). The highest BCUT2D eigenvalue weighted by Crippen LogP contribution is 2.27. The number of halogens is 2. The molecule has 0 unspecified atom stereocenters. The van der Waals surface area contributed by atoms with Crippen molar-refractivity contribution in [2.45, 2.75) is 13.5 Å². The maximum absolute atomic E-state index is 9.47. The first-order valence-electron chi connectivity index (χ1n) is 8.41. The lowest BCUT2D eigenvalue weighted by Gasteiger charge is -2.07. The first kappa shape index (κ1) is 19.0. The Morgan fingerprint density at radius 3 is 2.30 bits per heavy atom. The van der Waals surface area contributed by atoms with Gasteiger partial charge in [0.05, 0.1) is 21.7 Å². The van der Waals surface area contributed by atoms with E-state index in [1.807, 2.05) is 30.3 Å². The van der Waals surface area contributed by atoms with E-state index >= 15 is 0 Å². The summed E-state index contributed by atoms with van der Waals surface area (Å²) in [4.78, 5) is 0. The summed E-state index contributed by atoms with van der Waals surface area (Å²) in [7, 11) is 0. The molecule has 3 aromatic rings. The van der Waals surface area contributed by atoms with Crippen LogP contribution in [0.2, 0.25) is 10.0 Å². The summed E-state index contributed by atoms with van der Waals surface area (Å²) in [5.41, 5.74) is 4.50. The van der Waals surface area contributed by atoms with Crippen LogP contribution in [0.3, 0.4) is 0 Å². The van der Waals surface area contributed by atoms with Crippen molar-refractivity contribution < 1.29 is 4.74 Å². The fourth-order valence-corrected chi connectivity index (χ4v) is 2.82. The summed E-state index contributed by atoms with van der Waals surface area (Å²) < 4.78 is 5.81. The highest BCUT2D eigenvalue weighted by Gasteiger charge is 2.05. The van der Waals surface area contributed by atoms with E-state index in [1.54, 1.807) is 18.2 Å². The molecule has 0 saturated carbocycles. The van der Waals surface area contributed by atoms with Crippen molar-refractivity contribution >= 4 is 34.9 Å². The Morgan fingerprint density at radius 2 is 1.67 bits per heavy atom. The number of nitriles is 1. The van der Waals surface area contributed by atoms with Crippen LogP contribution in [-0.2, 0) is 6.61 Å². The van der Waals surface area contributed by atoms with E-state index in [2.05, 4.69) is 37.3 Å². The highest BCUT2D eigenvalue weighted by molar-refractivity contribution is 6.42. The molecule has 0 saturated heterocycles. The number of allylic oxidation sites excluding steroid dienone is 1. The van der Waals surface area contributed by atoms with Crippen LogP contribution in [0, 0.1) is 18.3 Å². The highest BCUT2D eigenvalue weighted by atomic mass is 35.5. The Bertz CT molecular complexity index is 1000. The maximum atomic E-state index is 9.47. The van der Waals surface area contributed by atoms with Crippen molar-refractivity contribution in [1.82, 2.24) is 0 Å². The lowest BCUT2D eigenvalue weighted by atomic mass is 10.0. The fraction of sp³-hybridized carbons (Fsp3) is 0.0870. The summed E-state index contributed by atoms with van der Waals surface area (Å²) in [6.07, 6.45) is 1.81. The molecular formula is C23H17Cl2NO. The van der Waals surface area contributed by atoms with Gasteiger partial charge >= 0.3 is 0 Å². The van der Waals surface area contributed by atoms with E-state index in [0.717, 1.165) is 22.4 Å². The van der Waals surface area contributed by atoms with E-state index < -0.39 is 0 Å². The van der Waals surface area contributed by atoms with Crippen LogP contribution < -0.4 is 4.74 Å². The molecule has 134 valence electrons. The number of nitrogens with zero attached hydrogens (tertiary/aromatic N) is 1. The van der Waals surface area contributed by atoms with Crippen molar-refractivity contribution in [3.63, 3.8) is 0 Å². The minimum Gasteiger partial charge on any atom is -0.489 e. The number of ether oxygens (including phenoxy) is 1. The molecular weight excluding hydrogens is 377 g/mol. The smallest absolute Gasteiger partial charge is 0.119 e. The molecule has 0 aliphatic rings. The number of benzene rings is 3. The van der Waals surface area contributed by atoms with E-state index in [-0.39, 0.29) is 0 Å². The second-order valence-corrected chi connectivity index (χ2v) is 6.96. The van der Waals surface area contributed by atoms with Crippen LogP contribution in [0.15, 0.2) is 66.7 Å². The maximum Gasteiger partial charge on any atom is 0.119 e. The van der Waals surface area contributed by atoms with Gasteiger partial charge in [-0.3, -0.25) is 0 Å². The number of rotatable bonds is 5. The van der Waals surface area contributed by atoms with Crippen molar-refractivity contribution in [3.8, 4) is 11.8 Å². The van der Waals surface area contributed by atoms with Gasteiger partial charge in [0.2, 0.25) is 0 Å². The normalized spacial score (nSPS) is 11.1. The molecule has 0 aromatic heterocycles. The molecule has 2 nitrogen and oxygen atoms in total. The molecule has 0 radical (unpaired) electrons. The van der Waals surface area contributed by atoms with E-state index in [1.165, 1.54) is 5.56 Å². The Labute approximate surface area is 169 Å². The van der Waals surface area contributed by atoms with Gasteiger partial charge in [-0.25, -0.2) is 0 Å². The first-order chi connectivity index (χ1) is 13.0. The zero-order valence-electron chi connectivity index (χ0n) is 14.7. The van der Waals surface area contributed by atoms with Gasteiger partial charge in [0.1, 0.15) is 12.4 Å². The van der Waals surface area contributed by atoms with Gasteiger partial charge in [-0.05, 0) is 54.0 Å². The summed E-state index contributed by atoms with van der Waals surface area (Å²) in [5, 5.41) is 10.4. The van der Waals surface area contributed by atoms with Gasteiger partial charge in [-0.15, -0.1) is 0 Å². The van der Waals surface area contributed by atoms with Gasteiger partial charge in [-0.1, -0.05) is 71.2 Å². The topological polar surface area (TPSA) is 33.0 Å². The molecule has 27 heavy (non-hydrogen) atoms. The third kappa shape index (κ3) is 5.14. The standard InChI is InChI=1S/C23H17Cl2NO/c1-16-2-4-18(5-3-16)15-27-21-9-6-17(7-10-21)12-20(14-26)19-8-11-22(24)23(25)13-19/h2-13H,15H2,1H3/b20-12-. The number of aryl methyl sites for hydroxylation is 1. The Morgan fingerprint density at radius 1 is 0.963 bits per heavy atom. The van der Waals surface area contributed by atoms with Crippen LogP contribution in [0.5, 0.6) is 5.75 Å². The molecule has 0 bridgehead atoms. The van der Waals surface area contributed by atoms with E-state index in [4.69, 9.17) is 27.9 Å². The van der Waals surface area contributed by atoms with Crippen LogP contribution in [0.25, 0.3) is 11.6 Å². The Hall–Kier alpha value is -2.73. The Balaban J connectivity index is 1.71. The quantitative estimate of drug-likeness (QED) is 0.347. The summed E-state index contributed by atoms with van der Waals surface area (Å²) >= 11 is 12.0. The largest absolute Gasteiger partial charge is 0.489 e. The predicted molar refractivity (Wildman–Crippen MR) is 112 cm³/mol. The first-order valence-corrected chi connectivity index (χ1v) is 9.16. The predicted octanol–water partition coefficient (Wildman–Crippen LogP) is 6.95. The fourth-order valence-electron chi connectivity index (χ4n) is 2.52. The zero-order valence-corrected chi connectivity index (χ0v) is 16.3. The van der Waals surface area contributed by atoms with Crippen molar-refractivity contribution in [1.29, 1.82) is 5.26 Å². The summed E-state index contributed by atoms with van der Waals surface area (Å²) in [5.74, 6) is 0.778. The van der Waals surface area contributed by atoms with Crippen LogP contribution >= 0.6 is 23.2 Å². The third-order valence-electron chi connectivity index (χ3n) is 4.07. The minimum atomic E-state index is 0.426. The van der Waals surface area contributed by atoms with Gasteiger partial charge < -0.3 is 4.74 Å². The average molecular weight is 394 g/mol.